The Morgan fingerprint density at radius 1 is 0.838 bits per heavy atom. The number of halogens is 2. The molecule has 10 heteroatoms. The zero-order chi connectivity index (χ0) is 25.8. The Morgan fingerprint density at radius 3 is 2.30 bits per heavy atom. The highest BCUT2D eigenvalue weighted by atomic mass is 19.2. The van der Waals surface area contributed by atoms with Gasteiger partial charge >= 0.3 is 6.03 Å². The second kappa shape index (κ2) is 10.9. The van der Waals surface area contributed by atoms with E-state index in [9.17, 15) is 13.6 Å². The summed E-state index contributed by atoms with van der Waals surface area (Å²) in [5.41, 5.74) is 3.38. The minimum absolute atomic E-state index is 0.339. The van der Waals surface area contributed by atoms with E-state index in [2.05, 4.69) is 42.8 Å². The molecular formula is C27H27F2N7O. The van der Waals surface area contributed by atoms with Crippen LogP contribution in [0, 0.1) is 11.6 Å². The lowest BCUT2D eigenvalue weighted by molar-refractivity contribution is 0.148. The molecule has 3 aromatic carbocycles. The number of aromatic nitrogens is 2. The Hall–Kier alpha value is -4.15. The molecule has 1 aliphatic heterocycles. The molecule has 8 nitrogen and oxygen atoms in total. The average Bonchev–Trinajstić information content (AvgIpc) is 2.89. The van der Waals surface area contributed by atoms with Crippen LogP contribution in [0.25, 0.3) is 10.9 Å². The minimum Gasteiger partial charge on any atom is -0.340 e. The summed E-state index contributed by atoms with van der Waals surface area (Å²) >= 11 is 0. The molecule has 4 aromatic rings. The van der Waals surface area contributed by atoms with Crippen LogP contribution in [0.4, 0.5) is 36.5 Å². The first-order chi connectivity index (χ1) is 17.9. The number of carbonyl (C=O) groups excluding carboxylic acids is 1. The predicted molar refractivity (Wildman–Crippen MR) is 141 cm³/mol. The normalized spacial score (nSPS) is 14.5. The Kier molecular flexibility index (Phi) is 7.20. The molecule has 0 atom stereocenters. The van der Waals surface area contributed by atoms with Gasteiger partial charge in [-0.1, -0.05) is 12.1 Å². The van der Waals surface area contributed by atoms with Crippen LogP contribution in [-0.2, 0) is 6.54 Å². The fourth-order valence-corrected chi connectivity index (χ4v) is 4.20. The highest BCUT2D eigenvalue weighted by Gasteiger charge is 2.14. The van der Waals surface area contributed by atoms with Crippen molar-refractivity contribution in [2.75, 3.05) is 49.2 Å². The van der Waals surface area contributed by atoms with Gasteiger partial charge in [-0.25, -0.2) is 23.5 Å². The van der Waals surface area contributed by atoms with Crippen LogP contribution in [0.1, 0.15) is 5.56 Å². The third-order valence-corrected chi connectivity index (χ3v) is 6.29. The van der Waals surface area contributed by atoms with Gasteiger partial charge in [0.25, 0.3) is 0 Å². The maximum atomic E-state index is 13.6. The van der Waals surface area contributed by atoms with E-state index >= 15 is 0 Å². The highest BCUT2D eigenvalue weighted by Crippen LogP contribution is 2.26. The maximum absolute atomic E-state index is 13.6. The van der Waals surface area contributed by atoms with Gasteiger partial charge in [-0.2, -0.15) is 0 Å². The third kappa shape index (κ3) is 6.16. The molecule has 190 valence electrons. The van der Waals surface area contributed by atoms with Crippen LogP contribution in [0.3, 0.4) is 0 Å². The van der Waals surface area contributed by atoms with Gasteiger partial charge in [-0.3, -0.25) is 4.90 Å². The maximum Gasteiger partial charge on any atom is 0.323 e. The predicted octanol–water partition coefficient (Wildman–Crippen LogP) is 5.04. The van der Waals surface area contributed by atoms with Crippen molar-refractivity contribution in [3.63, 3.8) is 0 Å². The molecule has 1 aliphatic rings. The summed E-state index contributed by atoms with van der Waals surface area (Å²) in [6, 6.07) is 16.1. The van der Waals surface area contributed by atoms with Gasteiger partial charge in [0.05, 0.1) is 5.52 Å². The van der Waals surface area contributed by atoms with E-state index in [1.165, 1.54) is 18.0 Å². The summed E-state index contributed by atoms with van der Waals surface area (Å²) in [6.07, 6.45) is 1.37. The van der Waals surface area contributed by atoms with E-state index < -0.39 is 17.7 Å². The lowest BCUT2D eigenvalue weighted by atomic mass is 10.2. The van der Waals surface area contributed by atoms with E-state index in [1.54, 1.807) is 18.2 Å². The van der Waals surface area contributed by atoms with Gasteiger partial charge in [0.1, 0.15) is 12.1 Å². The summed E-state index contributed by atoms with van der Waals surface area (Å²) in [7, 11) is 2.14. The van der Waals surface area contributed by atoms with Gasteiger partial charge in [0, 0.05) is 61.2 Å². The molecule has 0 saturated carbocycles. The number of hydrogen-bond acceptors (Lipinski definition) is 6. The molecular weight excluding hydrogens is 476 g/mol. The van der Waals surface area contributed by atoms with Crippen LogP contribution in [-0.4, -0.2) is 59.0 Å². The largest absolute Gasteiger partial charge is 0.340 e. The van der Waals surface area contributed by atoms with Crippen LogP contribution in [0.5, 0.6) is 0 Å². The van der Waals surface area contributed by atoms with Crippen LogP contribution in [0.2, 0.25) is 0 Å². The van der Waals surface area contributed by atoms with Crippen LogP contribution in [0.15, 0.2) is 67.0 Å². The number of nitrogens with zero attached hydrogens (tertiary/aromatic N) is 4. The molecule has 1 aromatic heterocycles. The van der Waals surface area contributed by atoms with Crippen molar-refractivity contribution in [2.24, 2.45) is 0 Å². The number of piperazine rings is 1. The number of benzene rings is 3. The van der Waals surface area contributed by atoms with Crippen molar-refractivity contribution in [3.8, 4) is 0 Å². The SMILES string of the molecule is CN1CCN(Cc2ccc(NC(=O)Nc3ccc4ncnc(Nc5ccc(F)c(F)c5)c4c3)cc2)CC1. The standard InChI is InChI=1S/C27H27F2N7O/c1-35-10-12-36(13-11-35)16-18-2-4-19(5-3-18)33-27(37)34-20-7-9-25-22(14-20)26(31-17-30-25)32-21-6-8-23(28)24(29)15-21/h2-9,14-15,17H,10-13,16H2,1H3,(H,30,31,32)(H2,33,34,37). The van der Waals surface area contributed by atoms with Crippen molar-refractivity contribution in [1.82, 2.24) is 19.8 Å². The van der Waals surface area contributed by atoms with Crippen molar-refractivity contribution < 1.29 is 13.6 Å². The zero-order valence-corrected chi connectivity index (χ0v) is 20.3. The Morgan fingerprint density at radius 2 is 1.54 bits per heavy atom. The van der Waals surface area contributed by atoms with Crippen molar-refractivity contribution >= 4 is 39.8 Å². The number of carbonyl (C=O) groups is 1. The van der Waals surface area contributed by atoms with Gasteiger partial charge < -0.3 is 20.9 Å². The first-order valence-electron chi connectivity index (χ1n) is 12.0. The Balaban J connectivity index is 1.23. The van der Waals surface area contributed by atoms with Gasteiger partial charge in [-0.05, 0) is 55.1 Å². The van der Waals surface area contributed by atoms with Gasteiger partial charge in [0.2, 0.25) is 0 Å². The van der Waals surface area contributed by atoms with Crippen molar-refractivity contribution in [3.05, 3.63) is 84.2 Å². The van der Waals surface area contributed by atoms with Crippen molar-refractivity contribution in [1.29, 1.82) is 0 Å². The number of urea groups is 1. The molecule has 0 bridgehead atoms. The molecule has 0 unspecified atom stereocenters. The third-order valence-electron chi connectivity index (χ3n) is 6.29. The minimum atomic E-state index is -0.963. The lowest BCUT2D eigenvalue weighted by Crippen LogP contribution is -2.43. The molecule has 0 radical (unpaired) electrons. The summed E-state index contributed by atoms with van der Waals surface area (Å²) in [4.78, 5) is 25.9. The van der Waals surface area contributed by atoms with E-state index in [-0.39, 0.29) is 0 Å². The van der Waals surface area contributed by atoms with E-state index in [1.807, 2.05) is 24.3 Å². The van der Waals surface area contributed by atoms with Crippen molar-refractivity contribution in [2.45, 2.75) is 6.54 Å². The Bertz CT molecular complexity index is 1410. The quantitative estimate of drug-likeness (QED) is 0.342. The smallest absolute Gasteiger partial charge is 0.323 e. The van der Waals surface area contributed by atoms with E-state index in [0.29, 0.717) is 33.8 Å². The van der Waals surface area contributed by atoms with Gasteiger partial charge in [0.15, 0.2) is 11.6 Å². The number of anilines is 4. The van der Waals surface area contributed by atoms with E-state index in [0.717, 1.165) is 44.9 Å². The number of rotatable bonds is 6. The molecule has 1 saturated heterocycles. The van der Waals surface area contributed by atoms with Gasteiger partial charge in [-0.15, -0.1) is 0 Å². The zero-order valence-electron chi connectivity index (χ0n) is 20.3. The second-order valence-corrected chi connectivity index (χ2v) is 9.06. The highest BCUT2D eigenvalue weighted by molar-refractivity contribution is 6.02. The fourth-order valence-electron chi connectivity index (χ4n) is 4.20. The van der Waals surface area contributed by atoms with Crippen LogP contribution >= 0.6 is 0 Å². The molecule has 0 aliphatic carbocycles. The number of amides is 2. The lowest BCUT2D eigenvalue weighted by Gasteiger charge is -2.32. The second-order valence-electron chi connectivity index (χ2n) is 9.06. The molecule has 5 rings (SSSR count). The summed E-state index contributed by atoms with van der Waals surface area (Å²) in [5.74, 6) is -1.49. The summed E-state index contributed by atoms with van der Waals surface area (Å²) < 4.78 is 26.9. The van der Waals surface area contributed by atoms with E-state index in [4.69, 9.17) is 0 Å². The Labute approximate surface area is 213 Å². The molecule has 2 heterocycles. The molecule has 1 fully saturated rings. The molecule has 2 amide bonds. The molecule has 37 heavy (non-hydrogen) atoms. The molecule has 0 spiro atoms. The first-order valence-corrected chi connectivity index (χ1v) is 12.0. The number of fused-ring (bicyclic) bond motifs is 1. The summed E-state index contributed by atoms with van der Waals surface area (Å²) in [6.45, 7) is 5.13. The first kappa shape index (κ1) is 24.5. The summed E-state index contributed by atoms with van der Waals surface area (Å²) in [5, 5.41) is 9.26. The number of nitrogens with one attached hydrogen (secondary N) is 3. The fraction of sp³-hybridized carbons (Fsp3) is 0.222. The average molecular weight is 504 g/mol. The molecule has 3 N–H and O–H groups in total. The number of hydrogen-bond donors (Lipinski definition) is 3. The monoisotopic (exact) mass is 503 g/mol. The number of likely N-dealkylation sites (N-methyl/N-ethyl adjacent to an activating group) is 1. The topological polar surface area (TPSA) is 85.4 Å². The van der Waals surface area contributed by atoms with Crippen LogP contribution < -0.4 is 16.0 Å².